The molecule has 0 bridgehead atoms. The number of hydrogen-bond acceptors (Lipinski definition) is 4. The molecule has 1 aliphatic heterocycles. The van der Waals surface area contributed by atoms with Crippen LogP contribution in [0.25, 0.3) is 0 Å². The molecule has 0 radical (unpaired) electrons. The molecule has 1 rings (SSSR count). The number of esters is 1. The van der Waals surface area contributed by atoms with Crippen LogP contribution in [0.1, 0.15) is 12.8 Å². The van der Waals surface area contributed by atoms with Gasteiger partial charge in [0.25, 0.3) is 0 Å². The van der Waals surface area contributed by atoms with Crippen molar-refractivity contribution < 1.29 is 9.53 Å². The predicted octanol–water partition coefficient (Wildman–Crippen LogP) is 0.630. The molecule has 1 fully saturated rings. The van der Waals surface area contributed by atoms with E-state index in [1.165, 1.54) is 19.3 Å². The van der Waals surface area contributed by atoms with Crippen molar-refractivity contribution in [3.05, 3.63) is 0 Å². The Morgan fingerprint density at radius 1 is 1.75 bits per heavy atom. The second-order valence-corrected chi connectivity index (χ2v) is 4.18. The van der Waals surface area contributed by atoms with Crippen LogP contribution in [0.3, 0.4) is 0 Å². The Morgan fingerprint density at radius 3 is 3.00 bits per heavy atom. The molecule has 3 nitrogen and oxygen atoms in total. The minimum absolute atomic E-state index is 0.275. The highest BCUT2D eigenvalue weighted by molar-refractivity contribution is 7.99. The second kappa shape index (κ2) is 4.72. The molecule has 0 aromatic heterocycles. The summed E-state index contributed by atoms with van der Waals surface area (Å²) in [4.78, 5) is 11.1. The third kappa shape index (κ3) is 2.38. The summed E-state index contributed by atoms with van der Waals surface area (Å²) in [6, 6.07) is -0.414. The van der Waals surface area contributed by atoms with Crippen LogP contribution in [0, 0.1) is 5.92 Å². The highest BCUT2D eigenvalue weighted by Gasteiger charge is 2.26. The van der Waals surface area contributed by atoms with E-state index in [1.54, 1.807) is 0 Å². The smallest absolute Gasteiger partial charge is 0.322 e. The molecular weight excluding hydrogens is 174 g/mol. The van der Waals surface area contributed by atoms with Gasteiger partial charge in [-0.1, -0.05) is 0 Å². The number of methoxy groups -OCH3 is 1. The van der Waals surface area contributed by atoms with Gasteiger partial charge in [0.1, 0.15) is 6.04 Å². The number of carbonyl (C=O) groups is 1. The van der Waals surface area contributed by atoms with Gasteiger partial charge in [-0.05, 0) is 30.3 Å². The van der Waals surface area contributed by atoms with E-state index in [-0.39, 0.29) is 5.97 Å². The fourth-order valence-electron chi connectivity index (χ4n) is 1.38. The molecule has 0 aromatic carbocycles. The molecule has 0 amide bonds. The van der Waals surface area contributed by atoms with Gasteiger partial charge in [-0.25, -0.2) is 0 Å². The second-order valence-electron chi connectivity index (χ2n) is 3.03. The van der Waals surface area contributed by atoms with Gasteiger partial charge in [-0.3, -0.25) is 4.79 Å². The molecule has 1 heterocycles. The van der Waals surface area contributed by atoms with Crippen LogP contribution in [0.15, 0.2) is 0 Å². The molecule has 2 atom stereocenters. The van der Waals surface area contributed by atoms with E-state index in [0.29, 0.717) is 5.92 Å². The van der Waals surface area contributed by atoms with E-state index in [9.17, 15) is 4.79 Å². The molecule has 0 aliphatic carbocycles. The Labute approximate surface area is 77.0 Å². The zero-order valence-electron chi connectivity index (χ0n) is 7.29. The molecule has 70 valence electrons. The summed E-state index contributed by atoms with van der Waals surface area (Å²) in [5, 5.41) is 0. The normalized spacial score (nSPS) is 26.3. The average Bonchev–Trinajstić information content (AvgIpc) is 2.17. The Bertz CT molecular complexity index is 157. The number of thioether (sulfide) groups is 1. The van der Waals surface area contributed by atoms with Crippen LogP contribution >= 0.6 is 11.8 Å². The molecule has 0 aromatic rings. The summed E-state index contributed by atoms with van der Waals surface area (Å²) in [5.41, 5.74) is 5.71. The zero-order valence-corrected chi connectivity index (χ0v) is 8.10. The Morgan fingerprint density at radius 2 is 2.50 bits per heavy atom. The van der Waals surface area contributed by atoms with E-state index in [2.05, 4.69) is 4.74 Å². The number of nitrogens with two attached hydrogens (primary N) is 1. The van der Waals surface area contributed by atoms with Crippen LogP contribution in [0.2, 0.25) is 0 Å². The fraction of sp³-hybridized carbons (Fsp3) is 0.875. The fourth-order valence-corrected chi connectivity index (χ4v) is 2.59. The van der Waals surface area contributed by atoms with Gasteiger partial charge in [0.2, 0.25) is 0 Å². The van der Waals surface area contributed by atoms with Gasteiger partial charge in [-0.2, -0.15) is 11.8 Å². The van der Waals surface area contributed by atoms with Gasteiger partial charge in [0.05, 0.1) is 7.11 Å². The number of hydrogen-bond donors (Lipinski definition) is 1. The van der Waals surface area contributed by atoms with Crippen LogP contribution < -0.4 is 5.73 Å². The first kappa shape index (κ1) is 9.86. The minimum atomic E-state index is -0.414. The van der Waals surface area contributed by atoms with Crippen molar-refractivity contribution in [2.75, 3.05) is 18.6 Å². The highest BCUT2D eigenvalue weighted by Crippen LogP contribution is 2.24. The van der Waals surface area contributed by atoms with Gasteiger partial charge in [0.15, 0.2) is 0 Å². The van der Waals surface area contributed by atoms with Gasteiger partial charge < -0.3 is 10.5 Å². The molecule has 1 aliphatic rings. The first-order valence-corrected chi connectivity index (χ1v) is 5.32. The van der Waals surface area contributed by atoms with Crippen molar-refractivity contribution in [3.8, 4) is 0 Å². The largest absolute Gasteiger partial charge is 0.468 e. The number of carbonyl (C=O) groups excluding carboxylic acids is 1. The summed E-state index contributed by atoms with van der Waals surface area (Å²) in [5.74, 6) is 2.24. The lowest BCUT2D eigenvalue weighted by Gasteiger charge is -2.25. The molecule has 4 heteroatoms. The quantitative estimate of drug-likeness (QED) is 0.647. The van der Waals surface area contributed by atoms with Crippen LogP contribution in [-0.2, 0) is 9.53 Å². The maximum absolute atomic E-state index is 11.1. The van der Waals surface area contributed by atoms with E-state index >= 15 is 0 Å². The zero-order chi connectivity index (χ0) is 8.97. The molecule has 0 saturated carbocycles. The Balaban J connectivity index is 2.39. The van der Waals surface area contributed by atoms with Crippen LogP contribution in [0.4, 0.5) is 0 Å². The van der Waals surface area contributed by atoms with Crippen molar-refractivity contribution in [2.45, 2.75) is 18.9 Å². The molecule has 12 heavy (non-hydrogen) atoms. The van der Waals surface area contributed by atoms with Gasteiger partial charge >= 0.3 is 5.97 Å². The average molecular weight is 189 g/mol. The first-order valence-electron chi connectivity index (χ1n) is 4.17. The maximum atomic E-state index is 11.1. The molecule has 1 saturated heterocycles. The minimum Gasteiger partial charge on any atom is -0.468 e. The van der Waals surface area contributed by atoms with Crippen molar-refractivity contribution >= 4 is 17.7 Å². The van der Waals surface area contributed by atoms with E-state index < -0.39 is 6.04 Å². The monoisotopic (exact) mass is 189 g/mol. The Hall–Kier alpha value is -0.220. The summed E-state index contributed by atoms with van der Waals surface area (Å²) in [6.45, 7) is 0. The maximum Gasteiger partial charge on any atom is 0.322 e. The summed E-state index contributed by atoms with van der Waals surface area (Å²) >= 11 is 1.87. The standard InChI is InChI=1S/C8H15NO2S/c1-11-8(10)7(9)6-3-2-4-12-5-6/h6-7H,2-5,9H2,1H3. The Kier molecular flexibility index (Phi) is 3.88. The highest BCUT2D eigenvalue weighted by atomic mass is 32.2. The van der Waals surface area contributed by atoms with Crippen molar-refractivity contribution in [2.24, 2.45) is 11.7 Å². The summed E-state index contributed by atoms with van der Waals surface area (Å²) < 4.78 is 4.59. The van der Waals surface area contributed by atoms with Crippen molar-refractivity contribution in [1.29, 1.82) is 0 Å². The first-order chi connectivity index (χ1) is 5.75. The third-order valence-corrected chi connectivity index (χ3v) is 3.42. The SMILES string of the molecule is COC(=O)C(N)C1CCCSC1. The van der Waals surface area contributed by atoms with E-state index in [0.717, 1.165) is 12.2 Å². The van der Waals surface area contributed by atoms with Crippen LogP contribution in [0.5, 0.6) is 0 Å². The molecular formula is C8H15NO2S. The predicted molar refractivity (Wildman–Crippen MR) is 50.0 cm³/mol. The topological polar surface area (TPSA) is 52.3 Å². The number of ether oxygens (including phenoxy) is 1. The lowest BCUT2D eigenvalue weighted by molar-refractivity contribution is -0.143. The lowest BCUT2D eigenvalue weighted by Crippen LogP contribution is -2.41. The molecule has 2 unspecified atom stereocenters. The molecule has 0 spiro atoms. The number of rotatable bonds is 2. The molecule has 2 N–H and O–H groups in total. The summed E-state index contributed by atoms with van der Waals surface area (Å²) in [6.07, 6.45) is 2.23. The van der Waals surface area contributed by atoms with E-state index in [1.807, 2.05) is 11.8 Å². The van der Waals surface area contributed by atoms with Crippen molar-refractivity contribution in [3.63, 3.8) is 0 Å². The lowest BCUT2D eigenvalue weighted by atomic mass is 9.97. The van der Waals surface area contributed by atoms with Crippen LogP contribution in [-0.4, -0.2) is 30.6 Å². The van der Waals surface area contributed by atoms with Gasteiger partial charge in [0, 0.05) is 0 Å². The third-order valence-electron chi connectivity index (χ3n) is 2.18. The van der Waals surface area contributed by atoms with Gasteiger partial charge in [-0.15, -0.1) is 0 Å². The summed E-state index contributed by atoms with van der Waals surface area (Å²) in [7, 11) is 1.39. The van der Waals surface area contributed by atoms with Crippen molar-refractivity contribution in [1.82, 2.24) is 0 Å². The van der Waals surface area contributed by atoms with E-state index in [4.69, 9.17) is 5.73 Å².